The summed E-state index contributed by atoms with van der Waals surface area (Å²) in [6.07, 6.45) is 12.9. The van der Waals surface area contributed by atoms with E-state index in [9.17, 15) is 5.11 Å². The molecular formula is C15H26O. The highest BCUT2D eigenvalue weighted by Crippen LogP contribution is 2.25. The van der Waals surface area contributed by atoms with Crippen molar-refractivity contribution < 1.29 is 5.11 Å². The minimum Gasteiger partial charge on any atom is -0.388 e. The van der Waals surface area contributed by atoms with Crippen molar-refractivity contribution in [2.24, 2.45) is 11.8 Å². The van der Waals surface area contributed by atoms with Gasteiger partial charge in [-0.25, -0.2) is 0 Å². The quantitative estimate of drug-likeness (QED) is 0.710. The van der Waals surface area contributed by atoms with Crippen LogP contribution in [0.15, 0.2) is 23.8 Å². The van der Waals surface area contributed by atoms with Gasteiger partial charge in [-0.1, -0.05) is 51.3 Å². The van der Waals surface area contributed by atoms with Gasteiger partial charge < -0.3 is 5.11 Å². The fourth-order valence-electron chi connectivity index (χ4n) is 2.32. The van der Waals surface area contributed by atoms with Crippen LogP contribution in [0.2, 0.25) is 0 Å². The topological polar surface area (TPSA) is 20.2 Å². The van der Waals surface area contributed by atoms with E-state index in [0.29, 0.717) is 5.92 Å². The maximum Gasteiger partial charge on any atom is 0.0809 e. The average Bonchev–Trinajstić information content (AvgIpc) is 2.30. The Kier molecular flexibility index (Phi) is 5.83. The molecule has 1 saturated carbocycles. The SMILES string of the molecule is C/C=C(\C=C/C1CCCCC1)[C@@H](O)C(C)C. The van der Waals surface area contributed by atoms with Gasteiger partial charge in [0.15, 0.2) is 0 Å². The van der Waals surface area contributed by atoms with E-state index in [1.54, 1.807) is 0 Å². The lowest BCUT2D eigenvalue weighted by molar-refractivity contribution is 0.163. The van der Waals surface area contributed by atoms with E-state index in [4.69, 9.17) is 0 Å². The molecule has 0 aliphatic heterocycles. The van der Waals surface area contributed by atoms with Crippen molar-refractivity contribution in [1.82, 2.24) is 0 Å². The molecule has 0 saturated heterocycles. The predicted octanol–water partition coefficient (Wildman–Crippen LogP) is 4.09. The Balaban J connectivity index is 2.52. The molecule has 0 unspecified atom stereocenters. The van der Waals surface area contributed by atoms with Gasteiger partial charge in [0.25, 0.3) is 0 Å². The molecule has 16 heavy (non-hydrogen) atoms. The third kappa shape index (κ3) is 4.13. The van der Waals surface area contributed by atoms with Gasteiger partial charge in [0.05, 0.1) is 6.10 Å². The molecule has 0 aromatic carbocycles. The summed E-state index contributed by atoms with van der Waals surface area (Å²) >= 11 is 0. The van der Waals surface area contributed by atoms with Crippen molar-refractivity contribution in [1.29, 1.82) is 0 Å². The first-order chi connectivity index (χ1) is 7.65. The highest BCUT2D eigenvalue weighted by molar-refractivity contribution is 5.23. The first-order valence-corrected chi connectivity index (χ1v) is 6.67. The third-order valence-corrected chi connectivity index (χ3v) is 3.52. The van der Waals surface area contributed by atoms with Crippen LogP contribution in [0, 0.1) is 11.8 Å². The lowest BCUT2D eigenvalue weighted by Gasteiger charge is -2.19. The number of hydrogen-bond acceptors (Lipinski definition) is 1. The summed E-state index contributed by atoms with van der Waals surface area (Å²) in [4.78, 5) is 0. The standard InChI is InChI=1S/C15H26O/c1-4-14(15(16)12(2)3)11-10-13-8-6-5-7-9-13/h4,10-13,15-16H,5-9H2,1-3H3/b11-10-,14-4+/t15-/m0/s1. The number of aliphatic hydroxyl groups excluding tert-OH is 1. The molecule has 1 fully saturated rings. The maximum atomic E-state index is 10.00. The zero-order valence-electron chi connectivity index (χ0n) is 10.9. The summed E-state index contributed by atoms with van der Waals surface area (Å²) in [7, 11) is 0. The summed E-state index contributed by atoms with van der Waals surface area (Å²) in [6, 6.07) is 0. The van der Waals surface area contributed by atoms with Gasteiger partial charge >= 0.3 is 0 Å². The van der Waals surface area contributed by atoms with E-state index < -0.39 is 0 Å². The minimum absolute atomic E-state index is 0.294. The van der Waals surface area contributed by atoms with Crippen LogP contribution in [0.1, 0.15) is 52.9 Å². The fraction of sp³-hybridized carbons (Fsp3) is 0.733. The molecule has 1 nitrogen and oxygen atoms in total. The maximum absolute atomic E-state index is 10.00. The van der Waals surface area contributed by atoms with Crippen LogP contribution in [-0.4, -0.2) is 11.2 Å². The lowest BCUT2D eigenvalue weighted by atomic mass is 9.88. The second-order valence-electron chi connectivity index (χ2n) is 5.23. The van der Waals surface area contributed by atoms with Crippen LogP contribution in [0.5, 0.6) is 0 Å². The predicted molar refractivity (Wildman–Crippen MR) is 70.3 cm³/mol. The smallest absolute Gasteiger partial charge is 0.0809 e. The second-order valence-corrected chi connectivity index (χ2v) is 5.23. The van der Waals surface area contributed by atoms with Gasteiger partial charge in [-0.2, -0.15) is 0 Å². The number of aliphatic hydroxyl groups is 1. The summed E-state index contributed by atoms with van der Waals surface area (Å²) < 4.78 is 0. The largest absolute Gasteiger partial charge is 0.388 e. The monoisotopic (exact) mass is 222 g/mol. The lowest BCUT2D eigenvalue weighted by Crippen LogP contribution is -2.16. The van der Waals surface area contributed by atoms with E-state index in [-0.39, 0.29) is 6.10 Å². The van der Waals surface area contributed by atoms with Gasteiger partial charge in [-0.15, -0.1) is 0 Å². The molecule has 0 aromatic heterocycles. The van der Waals surface area contributed by atoms with Crippen LogP contribution in [0.3, 0.4) is 0 Å². The highest BCUT2D eigenvalue weighted by atomic mass is 16.3. The van der Waals surface area contributed by atoms with Crippen molar-refractivity contribution in [3.8, 4) is 0 Å². The molecule has 92 valence electrons. The van der Waals surface area contributed by atoms with Crippen LogP contribution < -0.4 is 0 Å². The van der Waals surface area contributed by atoms with Crippen molar-refractivity contribution in [3.63, 3.8) is 0 Å². The fourth-order valence-corrected chi connectivity index (χ4v) is 2.32. The molecule has 0 spiro atoms. The second kappa shape index (κ2) is 6.90. The zero-order chi connectivity index (χ0) is 12.0. The summed E-state index contributed by atoms with van der Waals surface area (Å²) in [6.45, 7) is 6.12. The molecule has 1 rings (SSSR count). The van der Waals surface area contributed by atoms with Crippen molar-refractivity contribution >= 4 is 0 Å². The molecule has 1 aliphatic carbocycles. The van der Waals surface area contributed by atoms with Crippen LogP contribution in [0.25, 0.3) is 0 Å². The Labute approximate surface area is 100 Å². The number of rotatable bonds is 4. The van der Waals surface area contributed by atoms with Crippen molar-refractivity contribution in [3.05, 3.63) is 23.8 Å². The Bertz CT molecular complexity index is 244. The van der Waals surface area contributed by atoms with E-state index in [1.807, 2.05) is 13.0 Å². The van der Waals surface area contributed by atoms with E-state index >= 15 is 0 Å². The minimum atomic E-state index is -0.315. The Morgan fingerprint density at radius 3 is 2.31 bits per heavy atom. The van der Waals surface area contributed by atoms with E-state index in [1.165, 1.54) is 32.1 Å². The van der Waals surface area contributed by atoms with Crippen molar-refractivity contribution in [2.75, 3.05) is 0 Å². The van der Waals surface area contributed by atoms with Crippen molar-refractivity contribution in [2.45, 2.75) is 59.0 Å². The Morgan fingerprint density at radius 1 is 1.19 bits per heavy atom. The van der Waals surface area contributed by atoms with Crippen LogP contribution in [0.4, 0.5) is 0 Å². The third-order valence-electron chi connectivity index (χ3n) is 3.52. The summed E-state index contributed by atoms with van der Waals surface area (Å²) in [5.41, 5.74) is 1.07. The van der Waals surface area contributed by atoms with Crippen LogP contribution in [-0.2, 0) is 0 Å². The van der Waals surface area contributed by atoms with Gasteiger partial charge in [0.1, 0.15) is 0 Å². The molecule has 0 radical (unpaired) electrons. The highest BCUT2D eigenvalue weighted by Gasteiger charge is 2.13. The first-order valence-electron chi connectivity index (χ1n) is 6.67. The molecule has 1 atom stereocenters. The molecule has 1 heteroatoms. The zero-order valence-corrected chi connectivity index (χ0v) is 10.9. The molecule has 0 heterocycles. The van der Waals surface area contributed by atoms with E-state index in [2.05, 4.69) is 26.0 Å². The van der Waals surface area contributed by atoms with Gasteiger partial charge in [-0.3, -0.25) is 0 Å². The first kappa shape index (κ1) is 13.5. The molecule has 0 bridgehead atoms. The normalized spacial score (nSPS) is 21.9. The van der Waals surface area contributed by atoms with Gasteiger partial charge in [0.2, 0.25) is 0 Å². The molecule has 0 aromatic rings. The Morgan fingerprint density at radius 2 is 1.81 bits per heavy atom. The van der Waals surface area contributed by atoms with Crippen LogP contribution >= 0.6 is 0 Å². The average molecular weight is 222 g/mol. The summed E-state index contributed by atoms with van der Waals surface area (Å²) in [5, 5.41) is 10.00. The molecule has 1 N–H and O–H groups in total. The number of allylic oxidation sites excluding steroid dienone is 2. The molecular weight excluding hydrogens is 196 g/mol. The number of hydrogen-bond donors (Lipinski definition) is 1. The Hall–Kier alpha value is -0.560. The van der Waals surface area contributed by atoms with Gasteiger partial charge in [-0.05, 0) is 37.2 Å². The molecule has 0 amide bonds. The summed E-state index contributed by atoms with van der Waals surface area (Å²) in [5.74, 6) is 1.03. The molecule has 1 aliphatic rings. The van der Waals surface area contributed by atoms with Gasteiger partial charge in [0, 0.05) is 0 Å². The van der Waals surface area contributed by atoms with E-state index in [0.717, 1.165) is 11.5 Å².